The predicted octanol–water partition coefficient (Wildman–Crippen LogP) is 3.33. The van der Waals surface area contributed by atoms with Crippen LogP contribution in [0.4, 0.5) is 0 Å². The van der Waals surface area contributed by atoms with Crippen molar-refractivity contribution in [2.24, 2.45) is 0 Å². The largest absolute Gasteiger partial charge is 0.407 e. The SMILES string of the molecule is CC(C)(C)[Si](C)(COCc1ccccc1)OCC=O. The Hall–Kier alpha value is -0.973. The molecule has 106 valence electrons. The first kappa shape index (κ1) is 16.1. The average Bonchev–Trinajstić information content (AvgIpc) is 2.36. The summed E-state index contributed by atoms with van der Waals surface area (Å²) >= 11 is 0. The van der Waals surface area contributed by atoms with E-state index in [0.717, 1.165) is 11.8 Å². The van der Waals surface area contributed by atoms with Gasteiger partial charge in [0, 0.05) is 0 Å². The van der Waals surface area contributed by atoms with E-state index in [2.05, 4.69) is 27.3 Å². The molecule has 0 bridgehead atoms. The Bertz CT molecular complexity index is 386. The molecule has 4 heteroatoms. The molecule has 0 amide bonds. The highest BCUT2D eigenvalue weighted by atomic mass is 28.4. The number of benzene rings is 1. The third kappa shape index (κ3) is 4.89. The van der Waals surface area contributed by atoms with Gasteiger partial charge >= 0.3 is 0 Å². The highest BCUT2D eigenvalue weighted by molar-refractivity contribution is 6.75. The molecule has 0 aliphatic carbocycles. The molecule has 1 atom stereocenters. The quantitative estimate of drug-likeness (QED) is 0.567. The molecule has 1 rings (SSSR count). The molecule has 0 saturated carbocycles. The summed E-state index contributed by atoms with van der Waals surface area (Å²) in [5.74, 6) is 0. The minimum absolute atomic E-state index is 0.0344. The third-order valence-corrected chi connectivity index (χ3v) is 8.28. The van der Waals surface area contributed by atoms with Crippen LogP contribution < -0.4 is 0 Å². The fourth-order valence-corrected chi connectivity index (χ4v) is 3.51. The molecule has 0 heterocycles. The first-order valence-corrected chi connectivity index (χ1v) is 9.20. The monoisotopic (exact) mass is 280 g/mol. The van der Waals surface area contributed by atoms with Crippen molar-refractivity contribution in [3.63, 3.8) is 0 Å². The van der Waals surface area contributed by atoms with E-state index in [1.165, 1.54) is 0 Å². The molecule has 0 aliphatic heterocycles. The molecular formula is C15H24O3Si. The molecule has 1 aromatic rings. The molecule has 19 heavy (non-hydrogen) atoms. The third-order valence-electron chi connectivity index (χ3n) is 3.55. The number of rotatable bonds is 7. The zero-order valence-electron chi connectivity index (χ0n) is 12.3. The highest BCUT2D eigenvalue weighted by Gasteiger charge is 2.42. The van der Waals surface area contributed by atoms with E-state index in [0.29, 0.717) is 12.8 Å². The summed E-state index contributed by atoms with van der Waals surface area (Å²) in [5.41, 5.74) is 1.16. The Kier molecular flexibility index (Phi) is 5.91. The van der Waals surface area contributed by atoms with Crippen LogP contribution in [0.25, 0.3) is 0 Å². The van der Waals surface area contributed by atoms with Crippen LogP contribution in [0.3, 0.4) is 0 Å². The molecule has 0 saturated heterocycles. The van der Waals surface area contributed by atoms with Crippen molar-refractivity contribution in [1.82, 2.24) is 0 Å². The molecule has 0 fully saturated rings. The number of ether oxygens (including phenoxy) is 1. The van der Waals surface area contributed by atoms with Crippen LogP contribution in [0, 0.1) is 0 Å². The lowest BCUT2D eigenvalue weighted by atomic mass is 10.2. The number of hydrogen-bond acceptors (Lipinski definition) is 3. The van der Waals surface area contributed by atoms with Crippen molar-refractivity contribution in [2.75, 3.05) is 12.8 Å². The van der Waals surface area contributed by atoms with E-state index in [-0.39, 0.29) is 11.6 Å². The minimum atomic E-state index is -2.08. The highest BCUT2D eigenvalue weighted by Crippen LogP contribution is 2.36. The Balaban J connectivity index is 2.56. The number of carbonyl (C=O) groups excluding carboxylic acids is 1. The molecule has 0 aromatic heterocycles. The lowest BCUT2D eigenvalue weighted by molar-refractivity contribution is -0.109. The van der Waals surface area contributed by atoms with Crippen molar-refractivity contribution in [2.45, 2.75) is 39.0 Å². The zero-order chi connectivity index (χ0) is 14.4. The van der Waals surface area contributed by atoms with Crippen molar-refractivity contribution >= 4 is 14.6 Å². The van der Waals surface area contributed by atoms with Crippen molar-refractivity contribution in [1.29, 1.82) is 0 Å². The van der Waals surface area contributed by atoms with E-state index < -0.39 is 8.32 Å². The summed E-state index contributed by atoms with van der Waals surface area (Å²) in [7, 11) is -2.08. The van der Waals surface area contributed by atoms with Crippen LogP contribution in [0.2, 0.25) is 11.6 Å². The molecule has 0 spiro atoms. The second kappa shape index (κ2) is 6.98. The Morgan fingerprint density at radius 2 is 1.84 bits per heavy atom. The maximum atomic E-state index is 10.5. The molecule has 0 N–H and O–H groups in total. The van der Waals surface area contributed by atoms with Gasteiger partial charge in [-0.3, -0.25) is 0 Å². The van der Waals surface area contributed by atoms with Crippen LogP contribution in [0.1, 0.15) is 26.3 Å². The van der Waals surface area contributed by atoms with Gasteiger partial charge in [0.25, 0.3) is 0 Å². The fraction of sp³-hybridized carbons (Fsp3) is 0.533. The predicted molar refractivity (Wildman–Crippen MR) is 79.4 cm³/mol. The first-order chi connectivity index (χ1) is 8.89. The Labute approximate surface area is 117 Å². The van der Waals surface area contributed by atoms with Gasteiger partial charge in [-0.2, -0.15) is 0 Å². The molecule has 0 radical (unpaired) electrons. The number of hydrogen-bond donors (Lipinski definition) is 0. The molecule has 1 aromatic carbocycles. The smallest absolute Gasteiger partial charge is 0.220 e. The summed E-state index contributed by atoms with van der Waals surface area (Å²) in [6.45, 7) is 9.32. The normalized spacial score (nSPS) is 14.9. The van der Waals surface area contributed by atoms with E-state index in [4.69, 9.17) is 9.16 Å². The van der Waals surface area contributed by atoms with Gasteiger partial charge in [0.1, 0.15) is 6.29 Å². The van der Waals surface area contributed by atoms with Crippen LogP contribution in [0.15, 0.2) is 30.3 Å². The maximum Gasteiger partial charge on any atom is 0.220 e. The molecular weight excluding hydrogens is 256 g/mol. The van der Waals surface area contributed by atoms with Crippen LogP contribution in [0.5, 0.6) is 0 Å². The molecule has 1 unspecified atom stereocenters. The van der Waals surface area contributed by atoms with Gasteiger partial charge in [0.05, 0.1) is 19.4 Å². The standard InChI is InChI=1S/C15H24O3Si/c1-15(2,3)19(4,18-11-10-16)13-17-12-14-8-6-5-7-9-14/h5-10H,11-13H2,1-4H3. The Morgan fingerprint density at radius 1 is 1.21 bits per heavy atom. The van der Waals surface area contributed by atoms with Crippen molar-refractivity contribution in [3.8, 4) is 0 Å². The summed E-state index contributed by atoms with van der Waals surface area (Å²) in [6.07, 6.45) is 1.41. The lowest BCUT2D eigenvalue weighted by Crippen LogP contribution is -2.49. The number of carbonyl (C=O) groups is 1. The summed E-state index contributed by atoms with van der Waals surface area (Å²) in [6, 6.07) is 10.1. The van der Waals surface area contributed by atoms with Gasteiger partial charge in [0.2, 0.25) is 8.32 Å². The zero-order valence-corrected chi connectivity index (χ0v) is 13.3. The van der Waals surface area contributed by atoms with Gasteiger partial charge in [-0.25, -0.2) is 0 Å². The van der Waals surface area contributed by atoms with Crippen molar-refractivity contribution in [3.05, 3.63) is 35.9 Å². The van der Waals surface area contributed by atoms with E-state index in [1.807, 2.05) is 30.3 Å². The lowest BCUT2D eigenvalue weighted by Gasteiger charge is -2.38. The van der Waals surface area contributed by atoms with E-state index >= 15 is 0 Å². The van der Waals surface area contributed by atoms with Gasteiger partial charge in [-0.15, -0.1) is 0 Å². The number of aldehydes is 1. The average molecular weight is 280 g/mol. The first-order valence-electron chi connectivity index (χ1n) is 6.58. The second-order valence-electron chi connectivity index (χ2n) is 5.94. The van der Waals surface area contributed by atoms with Crippen LogP contribution in [-0.4, -0.2) is 27.4 Å². The van der Waals surface area contributed by atoms with E-state index in [1.54, 1.807) is 0 Å². The van der Waals surface area contributed by atoms with Gasteiger partial charge in [0.15, 0.2) is 0 Å². The minimum Gasteiger partial charge on any atom is -0.407 e. The van der Waals surface area contributed by atoms with Gasteiger partial charge in [-0.05, 0) is 17.1 Å². The van der Waals surface area contributed by atoms with Crippen LogP contribution in [-0.2, 0) is 20.6 Å². The maximum absolute atomic E-state index is 10.5. The molecule has 0 aliphatic rings. The second-order valence-corrected chi connectivity index (χ2v) is 10.5. The van der Waals surface area contributed by atoms with E-state index in [9.17, 15) is 4.79 Å². The fourth-order valence-electron chi connectivity index (χ4n) is 1.63. The summed E-state index contributed by atoms with van der Waals surface area (Å²) in [5, 5.41) is 0.0344. The van der Waals surface area contributed by atoms with Crippen molar-refractivity contribution < 1.29 is 14.0 Å². The Morgan fingerprint density at radius 3 is 2.37 bits per heavy atom. The van der Waals surface area contributed by atoms with Gasteiger partial charge in [-0.1, -0.05) is 51.1 Å². The van der Waals surface area contributed by atoms with Crippen LogP contribution >= 0.6 is 0 Å². The topological polar surface area (TPSA) is 35.5 Å². The summed E-state index contributed by atoms with van der Waals surface area (Å²) in [4.78, 5) is 10.5. The summed E-state index contributed by atoms with van der Waals surface area (Å²) < 4.78 is 11.7. The van der Waals surface area contributed by atoms with Gasteiger partial charge < -0.3 is 14.0 Å². The molecule has 3 nitrogen and oxygen atoms in total.